The Bertz CT molecular complexity index is 636. The summed E-state index contributed by atoms with van der Waals surface area (Å²) < 4.78 is 0. The summed E-state index contributed by atoms with van der Waals surface area (Å²) in [7, 11) is 3.65. The molecule has 22 heavy (non-hydrogen) atoms. The number of hydrogen-bond donors (Lipinski definition) is 0. The molecule has 3 nitrogen and oxygen atoms in total. The molecule has 3 rings (SSSR count). The third-order valence-corrected chi connectivity index (χ3v) is 5.29. The van der Waals surface area contributed by atoms with Crippen molar-refractivity contribution in [2.45, 2.75) is 18.9 Å². The molecule has 1 aromatic heterocycles. The summed E-state index contributed by atoms with van der Waals surface area (Å²) in [6.07, 6.45) is 1.67. The van der Waals surface area contributed by atoms with Crippen LogP contribution in [-0.4, -0.2) is 42.9 Å². The smallest absolute Gasteiger partial charge is 0.223 e. The van der Waals surface area contributed by atoms with E-state index in [2.05, 4.69) is 46.7 Å². The lowest BCUT2D eigenvalue weighted by atomic mass is 9.93. The Labute approximate surface area is 136 Å². The number of nitrogens with zero attached hydrogens (tertiary/aromatic N) is 2. The van der Waals surface area contributed by atoms with Crippen molar-refractivity contribution in [3.63, 3.8) is 0 Å². The van der Waals surface area contributed by atoms with Crippen LogP contribution in [0.1, 0.15) is 28.5 Å². The largest absolute Gasteiger partial charge is 0.349 e. The molecule has 1 aliphatic rings. The van der Waals surface area contributed by atoms with Gasteiger partial charge in [0.15, 0.2) is 0 Å². The summed E-state index contributed by atoms with van der Waals surface area (Å²) in [6.45, 7) is 1.83. The van der Waals surface area contributed by atoms with E-state index in [9.17, 15) is 4.79 Å². The summed E-state index contributed by atoms with van der Waals surface area (Å²) in [5, 5.41) is 2.19. The summed E-state index contributed by atoms with van der Waals surface area (Å²) in [5.41, 5.74) is 2.74. The fourth-order valence-corrected chi connectivity index (χ4v) is 4.00. The van der Waals surface area contributed by atoms with E-state index in [1.165, 1.54) is 16.0 Å². The van der Waals surface area contributed by atoms with Crippen molar-refractivity contribution in [2.75, 3.05) is 27.2 Å². The van der Waals surface area contributed by atoms with Gasteiger partial charge < -0.3 is 4.90 Å². The molecule has 0 bridgehead atoms. The van der Waals surface area contributed by atoms with Crippen LogP contribution in [0.2, 0.25) is 0 Å². The van der Waals surface area contributed by atoms with Gasteiger partial charge in [-0.05, 0) is 29.0 Å². The number of carbonyl (C=O) groups excluding carboxylic acids is 1. The zero-order valence-electron chi connectivity index (χ0n) is 13.2. The molecule has 1 atom stereocenters. The molecule has 0 N–H and O–H groups in total. The number of rotatable bonds is 4. The van der Waals surface area contributed by atoms with Crippen LogP contribution < -0.4 is 0 Å². The van der Waals surface area contributed by atoms with Gasteiger partial charge in [0.1, 0.15) is 0 Å². The molecule has 1 aromatic carbocycles. The van der Waals surface area contributed by atoms with Crippen molar-refractivity contribution in [3.05, 3.63) is 57.8 Å². The minimum Gasteiger partial charge on any atom is -0.349 e. The van der Waals surface area contributed by atoms with E-state index in [1.54, 1.807) is 4.90 Å². The van der Waals surface area contributed by atoms with Crippen molar-refractivity contribution in [1.29, 1.82) is 0 Å². The van der Waals surface area contributed by atoms with Gasteiger partial charge in [-0.1, -0.05) is 30.3 Å². The Morgan fingerprint density at radius 2 is 2.05 bits per heavy atom. The van der Waals surface area contributed by atoms with Gasteiger partial charge >= 0.3 is 0 Å². The van der Waals surface area contributed by atoms with Gasteiger partial charge in [-0.15, -0.1) is 11.3 Å². The van der Waals surface area contributed by atoms with Gasteiger partial charge in [-0.3, -0.25) is 9.69 Å². The third-order valence-electron chi connectivity index (χ3n) is 4.29. The van der Waals surface area contributed by atoms with Crippen LogP contribution in [0.25, 0.3) is 0 Å². The average molecular weight is 314 g/mol. The summed E-state index contributed by atoms with van der Waals surface area (Å²) in [4.78, 5) is 17.5. The zero-order chi connectivity index (χ0) is 15.5. The molecule has 1 aliphatic heterocycles. The lowest BCUT2D eigenvalue weighted by Gasteiger charge is -2.36. The molecular weight excluding hydrogens is 292 g/mol. The molecule has 0 radical (unpaired) electrons. The van der Waals surface area contributed by atoms with Gasteiger partial charge in [-0.2, -0.15) is 0 Å². The second-order valence-corrected chi connectivity index (χ2v) is 6.94. The molecule has 1 unspecified atom stereocenters. The van der Waals surface area contributed by atoms with Crippen molar-refractivity contribution in [3.8, 4) is 0 Å². The van der Waals surface area contributed by atoms with Gasteiger partial charge in [0, 0.05) is 38.5 Å². The Morgan fingerprint density at radius 3 is 2.77 bits per heavy atom. The lowest BCUT2D eigenvalue weighted by Crippen LogP contribution is -2.38. The van der Waals surface area contributed by atoms with E-state index >= 15 is 0 Å². The summed E-state index contributed by atoms with van der Waals surface area (Å²) in [6, 6.07) is 13.2. The number of thiophene rings is 1. The van der Waals surface area contributed by atoms with Crippen LogP contribution in [0.15, 0.2) is 41.8 Å². The van der Waals surface area contributed by atoms with Gasteiger partial charge in [0.05, 0.1) is 6.04 Å². The minimum atomic E-state index is 0.197. The van der Waals surface area contributed by atoms with Crippen LogP contribution in [0.3, 0.4) is 0 Å². The summed E-state index contributed by atoms with van der Waals surface area (Å²) >= 11 is 1.85. The molecule has 0 saturated heterocycles. The second-order valence-electron chi connectivity index (χ2n) is 5.94. The summed E-state index contributed by atoms with van der Waals surface area (Å²) in [5.74, 6) is 0.197. The van der Waals surface area contributed by atoms with Crippen LogP contribution in [0, 0.1) is 0 Å². The maximum Gasteiger partial charge on any atom is 0.223 e. The van der Waals surface area contributed by atoms with Gasteiger partial charge in [0.25, 0.3) is 0 Å². The topological polar surface area (TPSA) is 23.6 Å². The predicted octanol–water partition coefficient (Wildman–Crippen LogP) is 3.17. The molecule has 0 spiro atoms. The van der Waals surface area contributed by atoms with E-state index in [-0.39, 0.29) is 11.9 Å². The van der Waals surface area contributed by atoms with Gasteiger partial charge in [-0.25, -0.2) is 0 Å². The maximum absolute atomic E-state index is 11.9. The van der Waals surface area contributed by atoms with E-state index < -0.39 is 0 Å². The highest BCUT2D eigenvalue weighted by atomic mass is 32.1. The maximum atomic E-state index is 11.9. The highest BCUT2D eigenvalue weighted by molar-refractivity contribution is 7.10. The van der Waals surface area contributed by atoms with Crippen LogP contribution >= 0.6 is 11.3 Å². The Hall–Kier alpha value is -1.65. The molecule has 2 heterocycles. The number of amides is 1. The molecule has 1 amide bonds. The zero-order valence-corrected chi connectivity index (χ0v) is 14.0. The van der Waals surface area contributed by atoms with Crippen LogP contribution in [-0.2, 0) is 11.2 Å². The Morgan fingerprint density at radius 1 is 1.27 bits per heavy atom. The average Bonchev–Trinajstić information content (AvgIpc) is 3.01. The molecule has 0 aliphatic carbocycles. The predicted molar refractivity (Wildman–Crippen MR) is 91.2 cm³/mol. The molecule has 0 saturated carbocycles. The van der Waals surface area contributed by atoms with Crippen molar-refractivity contribution < 1.29 is 4.79 Å². The fourth-order valence-electron chi connectivity index (χ4n) is 3.10. The molecule has 4 heteroatoms. The normalized spacial score (nSPS) is 18.0. The number of carbonyl (C=O) groups is 1. The highest BCUT2D eigenvalue weighted by Crippen LogP contribution is 2.37. The Balaban J connectivity index is 1.84. The first-order valence-electron chi connectivity index (χ1n) is 7.72. The third kappa shape index (κ3) is 3.08. The number of benzene rings is 1. The lowest BCUT2D eigenvalue weighted by molar-refractivity contribution is -0.129. The standard InChI is InChI=1S/C18H22N2OS/c1-19(2)17(21)9-12-20-11-8-16-15(10-13-22-16)18(20)14-6-4-3-5-7-14/h3-7,10,13,18H,8-9,11-12H2,1-2H3. The van der Waals surface area contributed by atoms with Crippen molar-refractivity contribution >= 4 is 17.2 Å². The van der Waals surface area contributed by atoms with Crippen molar-refractivity contribution in [2.24, 2.45) is 0 Å². The highest BCUT2D eigenvalue weighted by Gasteiger charge is 2.29. The first kappa shape index (κ1) is 15.3. The van der Waals surface area contributed by atoms with E-state index in [4.69, 9.17) is 0 Å². The quantitative estimate of drug-likeness (QED) is 0.865. The Kier molecular flexibility index (Phi) is 4.60. The molecular formula is C18H22N2OS. The second kappa shape index (κ2) is 6.63. The minimum absolute atomic E-state index is 0.197. The molecule has 0 fully saturated rings. The number of fused-ring (bicyclic) bond motifs is 1. The first-order valence-corrected chi connectivity index (χ1v) is 8.60. The van der Waals surface area contributed by atoms with Crippen LogP contribution in [0.5, 0.6) is 0 Å². The number of hydrogen-bond acceptors (Lipinski definition) is 3. The SMILES string of the molecule is CN(C)C(=O)CCN1CCc2sccc2C1c1ccccc1. The van der Waals surface area contributed by atoms with Crippen molar-refractivity contribution in [1.82, 2.24) is 9.80 Å². The van der Waals surface area contributed by atoms with E-state index in [1.807, 2.05) is 25.4 Å². The first-order chi connectivity index (χ1) is 10.7. The van der Waals surface area contributed by atoms with Crippen LogP contribution in [0.4, 0.5) is 0 Å². The van der Waals surface area contributed by atoms with E-state index in [0.717, 1.165) is 19.5 Å². The van der Waals surface area contributed by atoms with E-state index in [0.29, 0.717) is 6.42 Å². The molecule has 116 valence electrons. The van der Waals surface area contributed by atoms with Gasteiger partial charge in [0.2, 0.25) is 5.91 Å². The fraction of sp³-hybridized carbons (Fsp3) is 0.389. The monoisotopic (exact) mass is 314 g/mol. The molecule has 2 aromatic rings.